The van der Waals surface area contributed by atoms with Crippen LogP contribution in [0.3, 0.4) is 0 Å². The third-order valence-corrected chi connectivity index (χ3v) is 4.04. The summed E-state index contributed by atoms with van der Waals surface area (Å²) in [6.07, 6.45) is -1.03. The van der Waals surface area contributed by atoms with Gasteiger partial charge >= 0.3 is 5.97 Å². The Morgan fingerprint density at radius 1 is 1.12 bits per heavy atom. The molecule has 6 heteroatoms. The summed E-state index contributed by atoms with van der Waals surface area (Å²) in [5.74, 6) is -1.80. The van der Waals surface area contributed by atoms with Crippen LogP contribution in [0.5, 0.6) is 0 Å². The van der Waals surface area contributed by atoms with Gasteiger partial charge in [0.05, 0.1) is 10.6 Å². The highest BCUT2D eigenvalue weighted by molar-refractivity contribution is 6.33. The second-order valence-electron chi connectivity index (χ2n) is 5.93. The molecule has 25 heavy (non-hydrogen) atoms. The van der Waals surface area contributed by atoms with Crippen LogP contribution >= 0.6 is 11.6 Å². The molecule has 0 spiro atoms. The van der Waals surface area contributed by atoms with Crippen LogP contribution < -0.4 is 5.32 Å². The number of hydrogen-bond acceptors (Lipinski definition) is 3. The van der Waals surface area contributed by atoms with Gasteiger partial charge in [-0.25, -0.2) is 9.18 Å². The van der Waals surface area contributed by atoms with Crippen LogP contribution in [-0.2, 0) is 9.53 Å². The third kappa shape index (κ3) is 4.57. The molecule has 0 fully saturated rings. The second-order valence-corrected chi connectivity index (χ2v) is 6.34. The van der Waals surface area contributed by atoms with Crippen LogP contribution in [0.4, 0.5) is 10.1 Å². The zero-order valence-corrected chi connectivity index (χ0v) is 15.2. The number of anilines is 1. The van der Waals surface area contributed by atoms with Gasteiger partial charge in [0.15, 0.2) is 6.10 Å². The van der Waals surface area contributed by atoms with E-state index in [9.17, 15) is 14.0 Å². The number of amides is 1. The first kappa shape index (κ1) is 18.9. The Morgan fingerprint density at radius 2 is 1.72 bits per heavy atom. The summed E-state index contributed by atoms with van der Waals surface area (Å²) in [5, 5.41) is 2.71. The number of aryl methyl sites for hydroxylation is 3. The van der Waals surface area contributed by atoms with Crippen molar-refractivity contribution in [3.8, 4) is 0 Å². The fourth-order valence-electron chi connectivity index (χ4n) is 2.53. The molecule has 2 aromatic rings. The zero-order chi connectivity index (χ0) is 18.7. The Kier molecular flexibility index (Phi) is 5.80. The fraction of sp³-hybridized carbons (Fsp3) is 0.263. The predicted molar refractivity (Wildman–Crippen MR) is 95.6 cm³/mol. The highest BCUT2D eigenvalue weighted by atomic mass is 35.5. The van der Waals surface area contributed by atoms with Crippen molar-refractivity contribution in [3.05, 3.63) is 63.4 Å². The van der Waals surface area contributed by atoms with Gasteiger partial charge in [-0.05, 0) is 57.0 Å². The van der Waals surface area contributed by atoms with Crippen LogP contribution in [0.25, 0.3) is 0 Å². The topological polar surface area (TPSA) is 55.4 Å². The van der Waals surface area contributed by atoms with E-state index in [1.165, 1.54) is 13.0 Å². The predicted octanol–water partition coefficient (Wildman–Crippen LogP) is 4.59. The maximum Gasteiger partial charge on any atom is 0.340 e. The van der Waals surface area contributed by atoms with Crippen LogP contribution in [-0.4, -0.2) is 18.0 Å². The molecule has 0 heterocycles. The van der Waals surface area contributed by atoms with Gasteiger partial charge in [0.1, 0.15) is 5.82 Å². The normalized spacial score (nSPS) is 11.8. The molecule has 0 aliphatic heterocycles. The van der Waals surface area contributed by atoms with Crippen molar-refractivity contribution in [1.29, 1.82) is 0 Å². The maximum atomic E-state index is 13.0. The number of nitrogens with one attached hydrogen (secondary N) is 1. The number of carbonyl (C=O) groups is 2. The monoisotopic (exact) mass is 363 g/mol. The first-order valence-electron chi connectivity index (χ1n) is 7.73. The second kappa shape index (κ2) is 7.66. The summed E-state index contributed by atoms with van der Waals surface area (Å²) in [4.78, 5) is 24.4. The summed E-state index contributed by atoms with van der Waals surface area (Å²) in [6.45, 7) is 7.22. The molecule has 0 aliphatic rings. The van der Waals surface area contributed by atoms with Crippen molar-refractivity contribution in [2.75, 3.05) is 5.32 Å². The van der Waals surface area contributed by atoms with Crippen molar-refractivity contribution in [3.63, 3.8) is 0 Å². The molecular formula is C19H19ClFNO3. The summed E-state index contributed by atoms with van der Waals surface area (Å²) in [7, 11) is 0. The summed E-state index contributed by atoms with van der Waals surface area (Å²) in [6, 6.07) is 7.25. The molecule has 1 N–H and O–H groups in total. The van der Waals surface area contributed by atoms with E-state index < -0.39 is 23.8 Å². The van der Waals surface area contributed by atoms with Crippen LogP contribution in [0, 0.1) is 26.6 Å². The van der Waals surface area contributed by atoms with Gasteiger partial charge in [0.25, 0.3) is 5.91 Å². The Hall–Kier alpha value is -2.40. The Morgan fingerprint density at radius 3 is 2.28 bits per heavy atom. The summed E-state index contributed by atoms with van der Waals surface area (Å²) >= 11 is 5.83. The number of rotatable bonds is 4. The number of hydrogen-bond donors (Lipinski definition) is 1. The molecule has 2 aromatic carbocycles. The average Bonchev–Trinajstić information content (AvgIpc) is 2.50. The molecule has 2 rings (SSSR count). The molecule has 0 saturated carbocycles. The van der Waals surface area contributed by atoms with E-state index >= 15 is 0 Å². The molecule has 1 amide bonds. The quantitative estimate of drug-likeness (QED) is 0.808. The molecule has 0 radical (unpaired) electrons. The van der Waals surface area contributed by atoms with Gasteiger partial charge in [-0.1, -0.05) is 29.3 Å². The van der Waals surface area contributed by atoms with Gasteiger partial charge in [0, 0.05) is 5.69 Å². The first-order chi connectivity index (χ1) is 11.7. The maximum absolute atomic E-state index is 13.0. The average molecular weight is 364 g/mol. The molecule has 1 atom stereocenters. The van der Waals surface area contributed by atoms with E-state index in [0.717, 1.165) is 28.8 Å². The highest BCUT2D eigenvalue weighted by Crippen LogP contribution is 2.23. The van der Waals surface area contributed by atoms with Gasteiger partial charge < -0.3 is 10.1 Å². The Balaban J connectivity index is 2.09. The lowest BCUT2D eigenvalue weighted by Gasteiger charge is -2.17. The lowest BCUT2D eigenvalue weighted by molar-refractivity contribution is -0.123. The van der Waals surface area contributed by atoms with E-state index in [-0.39, 0.29) is 10.6 Å². The van der Waals surface area contributed by atoms with Crippen molar-refractivity contribution in [2.45, 2.75) is 33.8 Å². The standard InChI is InChI=1S/C19H19ClFNO3/c1-10-7-11(2)17(12(3)8-10)22-18(23)13(4)25-19(24)15-6-5-14(21)9-16(15)20/h5-9,13H,1-4H3,(H,22,23). The molecule has 1 unspecified atom stereocenters. The van der Waals surface area contributed by atoms with E-state index in [1.54, 1.807) is 0 Å². The summed E-state index contributed by atoms with van der Waals surface area (Å²) < 4.78 is 18.2. The minimum absolute atomic E-state index is 0.00501. The summed E-state index contributed by atoms with van der Waals surface area (Å²) in [5.41, 5.74) is 3.64. The van der Waals surface area contributed by atoms with Gasteiger partial charge in [-0.15, -0.1) is 0 Å². The molecule has 0 bridgehead atoms. The van der Waals surface area contributed by atoms with E-state index in [0.29, 0.717) is 5.69 Å². The number of ether oxygens (including phenoxy) is 1. The van der Waals surface area contributed by atoms with E-state index in [4.69, 9.17) is 16.3 Å². The zero-order valence-electron chi connectivity index (χ0n) is 14.4. The SMILES string of the molecule is Cc1cc(C)c(NC(=O)C(C)OC(=O)c2ccc(F)cc2Cl)c(C)c1. The molecule has 0 aliphatic carbocycles. The number of carbonyl (C=O) groups excluding carboxylic acids is 2. The molecular weight excluding hydrogens is 345 g/mol. The lowest BCUT2D eigenvalue weighted by Crippen LogP contribution is -2.30. The smallest absolute Gasteiger partial charge is 0.340 e. The van der Waals surface area contributed by atoms with Crippen molar-refractivity contribution < 1.29 is 18.7 Å². The van der Waals surface area contributed by atoms with Crippen LogP contribution in [0.1, 0.15) is 34.0 Å². The van der Waals surface area contributed by atoms with Crippen LogP contribution in [0.2, 0.25) is 5.02 Å². The van der Waals surface area contributed by atoms with E-state index in [2.05, 4.69) is 5.32 Å². The molecule has 132 valence electrons. The Bertz CT molecular complexity index is 812. The first-order valence-corrected chi connectivity index (χ1v) is 8.11. The fourth-order valence-corrected chi connectivity index (χ4v) is 2.78. The number of benzene rings is 2. The third-order valence-electron chi connectivity index (χ3n) is 3.73. The number of esters is 1. The Labute approximate surface area is 150 Å². The van der Waals surface area contributed by atoms with Crippen molar-refractivity contribution >= 4 is 29.2 Å². The van der Waals surface area contributed by atoms with Crippen molar-refractivity contribution in [2.24, 2.45) is 0 Å². The van der Waals surface area contributed by atoms with Crippen molar-refractivity contribution in [1.82, 2.24) is 0 Å². The minimum atomic E-state index is -1.03. The highest BCUT2D eigenvalue weighted by Gasteiger charge is 2.21. The largest absolute Gasteiger partial charge is 0.449 e. The van der Waals surface area contributed by atoms with Crippen LogP contribution in [0.15, 0.2) is 30.3 Å². The van der Waals surface area contributed by atoms with E-state index in [1.807, 2.05) is 32.9 Å². The lowest BCUT2D eigenvalue weighted by atomic mass is 10.0. The molecule has 4 nitrogen and oxygen atoms in total. The van der Waals surface area contributed by atoms with Gasteiger partial charge in [0.2, 0.25) is 0 Å². The van der Waals surface area contributed by atoms with Gasteiger partial charge in [-0.2, -0.15) is 0 Å². The molecule has 0 aromatic heterocycles. The molecule has 0 saturated heterocycles. The minimum Gasteiger partial charge on any atom is -0.449 e. The number of halogens is 2. The van der Waals surface area contributed by atoms with Gasteiger partial charge in [-0.3, -0.25) is 4.79 Å².